The van der Waals surface area contributed by atoms with Gasteiger partial charge in [-0.15, -0.1) is 0 Å². The van der Waals surface area contributed by atoms with Gasteiger partial charge in [0, 0.05) is 18.4 Å². The molecular weight excluding hydrogens is 150 g/mol. The molecular formula is C9H17N3. The van der Waals surface area contributed by atoms with E-state index >= 15 is 0 Å². The normalized spacial score (nSPS) is 11.1. The molecule has 0 aliphatic carbocycles. The Balaban J connectivity index is 2.84. The molecule has 12 heavy (non-hydrogen) atoms. The van der Waals surface area contributed by atoms with Crippen LogP contribution in [0.2, 0.25) is 0 Å². The molecule has 3 heteroatoms. The molecule has 68 valence electrons. The lowest BCUT2D eigenvalue weighted by atomic mass is 10.5. The minimum atomic E-state index is 0.918. The summed E-state index contributed by atoms with van der Waals surface area (Å²) in [6.07, 6.45) is 1.93. The summed E-state index contributed by atoms with van der Waals surface area (Å²) >= 11 is 0. The molecule has 0 fully saturated rings. The zero-order valence-corrected chi connectivity index (χ0v) is 8.33. The highest BCUT2D eigenvalue weighted by molar-refractivity contribution is 5.02. The number of hydrogen-bond donors (Lipinski definition) is 0. The molecule has 1 rings (SSSR count). The van der Waals surface area contributed by atoms with Gasteiger partial charge in [-0.3, -0.25) is 0 Å². The predicted molar refractivity (Wildman–Crippen MR) is 50.0 cm³/mol. The highest BCUT2D eigenvalue weighted by Gasteiger charge is 2.04. The molecule has 0 aliphatic rings. The Labute approximate surface area is 74.0 Å². The van der Waals surface area contributed by atoms with Gasteiger partial charge in [0.15, 0.2) is 0 Å². The molecule has 0 saturated carbocycles. The van der Waals surface area contributed by atoms with E-state index in [-0.39, 0.29) is 0 Å². The average Bonchev–Trinajstić information content (AvgIpc) is 2.30. The first-order valence-electron chi connectivity index (χ1n) is 4.31. The maximum absolute atomic E-state index is 4.35. The van der Waals surface area contributed by atoms with E-state index in [0.717, 1.165) is 18.9 Å². The molecule has 0 amide bonds. The van der Waals surface area contributed by atoms with Gasteiger partial charge in [0.2, 0.25) is 0 Å². The summed E-state index contributed by atoms with van der Waals surface area (Å²) in [4.78, 5) is 6.48. The van der Waals surface area contributed by atoms with E-state index in [1.807, 2.05) is 6.20 Å². The molecule has 0 aromatic carbocycles. The third-order valence-electron chi connectivity index (χ3n) is 1.91. The van der Waals surface area contributed by atoms with Crippen molar-refractivity contribution in [2.24, 2.45) is 0 Å². The van der Waals surface area contributed by atoms with Crippen molar-refractivity contribution < 1.29 is 0 Å². The lowest BCUT2D eigenvalue weighted by Gasteiger charge is -2.11. The van der Waals surface area contributed by atoms with Crippen molar-refractivity contribution in [1.29, 1.82) is 0 Å². The summed E-state index contributed by atoms with van der Waals surface area (Å²) in [6.45, 7) is 6.17. The standard InChI is InChI=1S/C9H17N3/c1-5-12-8(2)6-10-9(12)7-11(3)4/h6H,5,7H2,1-4H3. The minimum Gasteiger partial charge on any atom is -0.332 e. The van der Waals surface area contributed by atoms with Gasteiger partial charge >= 0.3 is 0 Å². The number of imidazole rings is 1. The molecule has 0 N–H and O–H groups in total. The first-order valence-corrected chi connectivity index (χ1v) is 4.31. The highest BCUT2D eigenvalue weighted by Crippen LogP contribution is 2.05. The molecule has 1 aromatic heterocycles. The molecule has 0 spiro atoms. The number of nitrogens with zero attached hydrogens (tertiary/aromatic N) is 3. The Bertz CT molecular complexity index is 250. The summed E-state index contributed by atoms with van der Waals surface area (Å²) in [5.41, 5.74) is 1.24. The van der Waals surface area contributed by atoms with Gasteiger partial charge in [0.25, 0.3) is 0 Å². The third-order valence-corrected chi connectivity index (χ3v) is 1.91. The molecule has 0 unspecified atom stereocenters. The Kier molecular flexibility index (Phi) is 2.87. The smallest absolute Gasteiger partial charge is 0.123 e. The molecule has 1 heterocycles. The maximum Gasteiger partial charge on any atom is 0.123 e. The van der Waals surface area contributed by atoms with E-state index in [2.05, 4.69) is 42.4 Å². The van der Waals surface area contributed by atoms with E-state index in [1.54, 1.807) is 0 Å². The summed E-state index contributed by atoms with van der Waals surface area (Å²) in [5.74, 6) is 1.15. The predicted octanol–water partition coefficient (Wildman–Crippen LogP) is 1.27. The topological polar surface area (TPSA) is 21.1 Å². The second-order valence-corrected chi connectivity index (χ2v) is 3.30. The second-order valence-electron chi connectivity index (χ2n) is 3.30. The van der Waals surface area contributed by atoms with E-state index in [4.69, 9.17) is 0 Å². The monoisotopic (exact) mass is 167 g/mol. The lowest BCUT2D eigenvalue weighted by Crippen LogP contribution is -2.15. The number of hydrogen-bond acceptors (Lipinski definition) is 2. The fourth-order valence-corrected chi connectivity index (χ4v) is 1.35. The van der Waals surface area contributed by atoms with Crippen molar-refractivity contribution in [2.45, 2.75) is 26.9 Å². The molecule has 0 radical (unpaired) electrons. The fourth-order valence-electron chi connectivity index (χ4n) is 1.35. The summed E-state index contributed by atoms with van der Waals surface area (Å²) in [6, 6.07) is 0. The number of rotatable bonds is 3. The Morgan fingerprint density at radius 1 is 1.50 bits per heavy atom. The van der Waals surface area contributed by atoms with Gasteiger partial charge in [-0.1, -0.05) is 0 Å². The Morgan fingerprint density at radius 3 is 2.67 bits per heavy atom. The first kappa shape index (κ1) is 9.26. The van der Waals surface area contributed by atoms with Gasteiger partial charge < -0.3 is 9.47 Å². The van der Waals surface area contributed by atoms with Crippen LogP contribution >= 0.6 is 0 Å². The molecule has 0 atom stereocenters. The van der Waals surface area contributed by atoms with Gasteiger partial charge in [-0.25, -0.2) is 4.98 Å². The van der Waals surface area contributed by atoms with Crippen molar-refractivity contribution in [3.05, 3.63) is 17.7 Å². The maximum atomic E-state index is 4.35. The average molecular weight is 167 g/mol. The van der Waals surface area contributed by atoms with E-state index in [9.17, 15) is 0 Å². The van der Waals surface area contributed by atoms with Crippen LogP contribution in [0.25, 0.3) is 0 Å². The van der Waals surface area contributed by atoms with Crippen LogP contribution in [0.4, 0.5) is 0 Å². The molecule has 0 aliphatic heterocycles. The quantitative estimate of drug-likeness (QED) is 0.676. The van der Waals surface area contributed by atoms with Crippen LogP contribution in [0.5, 0.6) is 0 Å². The SMILES string of the molecule is CCn1c(C)cnc1CN(C)C. The Morgan fingerprint density at radius 2 is 2.17 bits per heavy atom. The van der Waals surface area contributed by atoms with E-state index in [1.165, 1.54) is 5.69 Å². The van der Waals surface area contributed by atoms with Crippen LogP contribution in [0.15, 0.2) is 6.20 Å². The highest BCUT2D eigenvalue weighted by atomic mass is 15.1. The minimum absolute atomic E-state index is 0.918. The van der Waals surface area contributed by atoms with E-state index in [0.29, 0.717) is 0 Å². The van der Waals surface area contributed by atoms with E-state index < -0.39 is 0 Å². The van der Waals surface area contributed by atoms with Crippen molar-refractivity contribution >= 4 is 0 Å². The second kappa shape index (κ2) is 3.72. The fraction of sp³-hybridized carbons (Fsp3) is 0.667. The summed E-state index contributed by atoms with van der Waals surface area (Å²) < 4.78 is 2.24. The molecule has 0 saturated heterocycles. The molecule has 1 aromatic rings. The third kappa shape index (κ3) is 1.85. The zero-order valence-electron chi connectivity index (χ0n) is 8.33. The largest absolute Gasteiger partial charge is 0.332 e. The Hall–Kier alpha value is -0.830. The first-order chi connectivity index (χ1) is 5.65. The van der Waals surface area contributed by atoms with Crippen molar-refractivity contribution in [3.8, 4) is 0 Å². The number of aryl methyl sites for hydroxylation is 1. The van der Waals surface area contributed by atoms with Gasteiger partial charge in [-0.2, -0.15) is 0 Å². The van der Waals surface area contributed by atoms with Crippen LogP contribution in [0.1, 0.15) is 18.4 Å². The van der Waals surface area contributed by atoms with Gasteiger partial charge in [0.1, 0.15) is 5.82 Å². The molecule has 3 nitrogen and oxygen atoms in total. The lowest BCUT2D eigenvalue weighted by molar-refractivity contribution is 0.381. The zero-order chi connectivity index (χ0) is 9.14. The van der Waals surface area contributed by atoms with Gasteiger partial charge in [0.05, 0.1) is 6.54 Å². The van der Waals surface area contributed by atoms with Crippen molar-refractivity contribution in [1.82, 2.24) is 14.5 Å². The van der Waals surface area contributed by atoms with Crippen LogP contribution in [-0.4, -0.2) is 28.5 Å². The van der Waals surface area contributed by atoms with Crippen LogP contribution < -0.4 is 0 Å². The summed E-state index contributed by atoms with van der Waals surface area (Å²) in [7, 11) is 4.12. The number of aromatic nitrogens is 2. The molecule has 0 bridgehead atoms. The van der Waals surface area contributed by atoms with Crippen molar-refractivity contribution in [3.63, 3.8) is 0 Å². The summed E-state index contributed by atoms with van der Waals surface area (Å²) in [5, 5.41) is 0. The van der Waals surface area contributed by atoms with Gasteiger partial charge in [-0.05, 0) is 27.9 Å². The van der Waals surface area contributed by atoms with Crippen LogP contribution in [0.3, 0.4) is 0 Å². The van der Waals surface area contributed by atoms with Crippen LogP contribution in [0, 0.1) is 6.92 Å². The van der Waals surface area contributed by atoms with Crippen molar-refractivity contribution in [2.75, 3.05) is 14.1 Å². The van der Waals surface area contributed by atoms with Crippen LogP contribution in [-0.2, 0) is 13.1 Å².